The van der Waals surface area contributed by atoms with Gasteiger partial charge in [0.05, 0.1) is 0 Å². The van der Waals surface area contributed by atoms with Crippen molar-refractivity contribution in [3.63, 3.8) is 0 Å². The molecule has 2 aromatic rings. The van der Waals surface area contributed by atoms with Gasteiger partial charge in [0.1, 0.15) is 18.1 Å². The Balaban J connectivity index is 1.56. The molecule has 2 nitrogen and oxygen atoms in total. The first kappa shape index (κ1) is 21.2. The molecule has 1 unspecified atom stereocenters. The predicted octanol–water partition coefficient (Wildman–Crippen LogP) is 6.96. The third-order valence-corrected chi connectivity index (χ3v) is 7.89. The van der Waals surface area contributed by atoms with Crippen molar-refractivity contribution < 1.29 is 9.53 Å². The molecule has 1 fully saturated rings. The highest BCUT2D eigenvalue weighted by Crippen LogP contribution is 2.58. The Hall–Kier alpha value is -2.09. The topological polar surface area (TPSA) is 26.3 Å². The van der Waals surface area contributed by atoms with Crippen molar-refractivity contribution in [3.05, 3.63) is 65.2 Å². The second-order valence-corrected chi connectivity index (χ2v) is 10.2. The largest absolute Gasteiger partial charge is 0.489 e. The second-order valence-electron chi connectivity index (χ2n) is 10.2. The number of fused-ring (bicyclic) bond motifs is 3. The maximum Gasteiger partial charge on any atom is 0.136 e. The number of ether oxygens (including phenoxy) is 1. The van der Waals surface area contributed by atoms with E-state index in [1.807, 2.05) is 18.2 Å². The van der Waals surface area contributed by atoms with E-state index < -0.39 is 0 Å². The average Bonchev–Trinajstić information content (AvgIpc) is 2.74. The van der Waals surface area contributed by atoms with E-state index in [9.17, 15) is 4.79 Å². The van der Waals surface area contributed by atoms with E-state index >= 15 is 0 Å². The van der Waals surface area contributed by atoms with Crippen molar-refractivity contribution in [1.82, 2.24) is 0 Å². The van der Waals surface area contributed by atoms with Crippen molar-refractivity contribution in [2.24, 2.45) is 23.2 Å². The van der Waals surface area contributed by atoms with Crippen molar-refractivity contribution in [1.29, 1.82) is 0 Å². The Kier molecular flexibility index (Phi) is 6.04. The lowest BCUT2D eigenvalue weighted by Crippen LogP contribution is -2.48. The number of carbonyl (C=O) groups is 1. The normalized spacial score (nSPS) is 28.2. The molecule has 0 radical (unpaired) electrons. The molecule has 0 heterocycles. The van der Waals surface area contributed by atoms with Gasteiger partial charge in [0.2, 0.25) is 0 Å². The molecule has 2 aliphatic rings. The van der Waals surface area contributed by atoms with Crippen LogP contribution in [0.5, 0.6) is 5.75 Å². The highest BCUT2D eigenvalue weighted by molar-refractivity contribution is 5.83. The standard InChI is InChI=1S/C28H36O2/c1-19(2)10-13-25-20(3)27(29)17-26-24-12-11-23(16-22(24)14-15-28(25,26)4)30-18-21-8-6-5-7-9-21/h5-9,11-12,16,19-20,25-26H,10,13-15,17-18H2,1-4H3/t20?,25-,26+,28-/m0/s1. The molecule has 1 saturated carbocycles. The molecule has 0 spiro atoms. The first-order valence-corrected chi connectivity index (χ1v) is 11.7. The van der Waals surface area contributed by atoms with E-state index in [4.69, 9.17) is 4.74 Å². The Bertz CT molecular complexity index is 885. The molecule has 0 aliphatic heterocycles. The monoisotopic (exact) mass is 404 g/mol. The number of rotatable bonds is 6. The van der Waals surface area contributed by atoms with Crippen LogP contribution in [-0.4, -0.2) is 5.78 Å². The number of hydrogen-bond acceptors (Lipinski definition) is 2. The molecule has 0 bridgehead atoms. The highest BCUT2D eigenvalue weighted by Gasteiger charge is 2.52. The lowest BCUT2D eigenvalue weighted by atomic mass is 9.50. The minimum absolute atomic E-state index is 0.194. The van der Waals surface area contributed by atoms with Crippen molar-refractivity contribution in [3.8, 4) is 5.75 Å². The Morgan fingerprint density at radius 2 is 1.90 bits per heavy atom. The van der Waals surface area contributed by atoms with Crippen LogP contribution < -0.4 is 4.74 Å². The molecule has 4 rings (SSSR count). The van der Waals surface area contributed by atoms with Crippen LogP contribution >= 0.6 is 0 Å². The van der Waals surface area contributed by atoms with Crippen LogP contribution in [-0.2, 0) is 17.8 Å². The van der Waals surface area contributed by atoms with Gasteiger partial charge in [0, 0.05) is 12.3 Å². The summed E-state index contributed by atoms with van der Waals surface area (Å²) in [7, 11) is 0. The summed E-state index contributed by atoms with van der Waals surface area (Å²) in [6.07, 6.45) is 5.35. The quantitative estimate of drug-likeness (QED) is 0.520. The average molecular weight is 405 g/mol. The van der Waals surface area contributed by atoms with Gasteiger partial charge >= 0.3 is 0 Å². The van der Waals surface area contributed by atoms with Crippen molar-refractivity contribution in [2.75, 3.05) is 0 Å². The summed E-state index contributed by atoms with van der Waals surface area (Å²) < 4.78 is 6.08. The minimum Gasteiger partial charge on any atom is -0.489 e. The maximum atomic E-state index is 13.0. The summed E-state index contributed by atoms with van der Waals surface area (Å²) in [5.41, 5.74) is 4.18. The number of aryl methyl sites for hydroxylation is 1. The van der Waals surface area contributed by atoms with Gasteiger partial charge in [-0.05, 0) is 71.3 Å². The van der Waals surface area contributed by atoms with E-state index in [1.54, 1.807) is 0 Å². The molecule has 160 valence electrons. The Labute approximate surface area is 182 Å². The van der Waals surface area contributed by atoms with Crippen LogP contribution in [0.15, 0.2) is 48.5 Å². The SMILES string of the molecule is CC(C)CC[C@H]1C(C)C(=O)C[C@@H]2c3ccc(OCc4ccccc4)cc3CC[C@]21C. The van der Waals surface area contributed by atoms with Crippen LogP contribution in [0.1, 0.15) is 76.0 Å². The van der Waals surface area contributed by atoms with Gasteiger partial charge in [-0.25, -0.2) is 0 Å². The number of carbonyl (C=O) groups excluding carboxylic acids is 1. The smallest absolute Gasteiger partial charge is 0.136 e. The summed E-state index contributed by atoms with van der Waals surface area (Å²) >= 11 is 0. The van der Waals surface area contributed by atoms with Crippen LogP contribution in [0.2, 0.25) is 0 Å². The fourth-order valence-electron chi connectivity index (χ4n) is 5.96. The molecular formula is C28H36O2. The molecule has 4 atom stereocenters. The van der Waals surface area contributed by atoms with E-state index in [2.05, 4.69) is 58.0 Å². The van der Waals surface area contributed by atoms with E-state index in [0.717, 1.165) is 12.2 Å². The summed E-state index contributed by atoms with van der Waals surface area (Å²) in [6, 6.07) is 16.9. The van der Waals surface area contributed by atoms with E-state index in [-0.39, 0.29) is 11.3 Å². The van der Waals surface area contributed by atoms with Crippen molar-refractivity contribution >= 4 is 5.78 Å². The predicted molar refractivity (Wildman–Crippen MR) is 123 cm³/mol. The van der Waals surface area contributed by atoms with Gasteiger partial charge in [0.15, 0.2) is 0 Å². The summed E-state index contributed by atoms with van der Waals surface area (Å²) in [4.78, 5) is 13.0. The molecule has 2 aliphatic carbocycles. The third-order valence-electron chi connectivity index (χ3n) is 7.89. The first-order chi connectivity index (χ1) is 14.4. The van der Waals surface area contributed by atoms with Crippen LogP contribution in [0.4, 0.5) is 0 Å². The van der Waals surface area contributed by atoms with E-state index in [0.29, 0.717) is 36.6 Å². The zero-order chi connectivity index (χ0) is 21.3. The van der Waals surface area contributed by atoms with Gasteiger partial charge in [0.25, 0.3) is 0 Å². The summed E-state index contributed by atoms with van der Waals surface area (Å²) in [5.74, 6) is 3.13. The number of benzene rings is 2. The Morgan fingerprint density at radius 1 is 1.13 bits per heavy atom. The number of hydrogen-bond donors (Lipinski definition) is 0. The number of ketones is 1. The Morgan fingerprint density at radius 3 is 2.63 bits per heavy atom. The minimum atomic E-state index is 0.194. The van der Waals surface area contributed by atoms with Gasteiger partial charge in [-0.2, -0.15) is 0 Å². The highest BCUT2D eigenvalue weighted by atomic mass is 16.5. The molecule has 2 heteroatoms. The van der Waals surface area contributed by atoms with Crippen LogP contribution in [0.3, 0.4) is 0 Å². The maximum absolute atomic E-state index is 13.0. The zero-order valence-corrected chi connectivity index (χ0v) is 19.0. The fourth-order valence-corrected chi connectivity index (χ4v) is 5.96. The van der Waals surface area contributed by atoms with Crippen LogP contribution in [0.25, 0.3) is 0 Å². The fraction of sp³-hybridized carbons (Fsp3) is 0.536. The molecule has 0 amide bonds. The van der Waals surface area contributed by atoms with Gasteiger partial charge in [-0.15, -0.1) is 0 Å². The third kappa shape index (κ3) is 4.06. The van der Waals surface area contributed by atoms with Gasteiger partial charge in [-0.1, -0.05) is 70.5 Å². The molecular weight excluding hydrogens is 368 g/mol. The lowest BCUT2D eigenvalue weighted by molar-refractivity contribution is -0.133. The zero-order valence-electron chi connectivity index (χ0n) is 19.0. The summed E-state index contributed by atoms with van der Waals surface area (Å²) in [6.45, 7) is 9.83. The van der Waals surface area contributed by atoms with Crippen LogP contribution in [0, 0.1) is 23.2 Å². The van der Waals surface area contributed by atoms with Crippen molar-refractivity contribution in [2.45, 2.75) is 72.3 Å². The number of Topliss-reactive ketones (excluding diaryl/α,β-unsaturated/α-hetero) is 1. The summed E-state index contributed by atoms with van der Waals surface area (Å²) in [5, 5.41) is 0. The molecule has 0 N–H and O–H groups in total. The molecule has 0 saturated heterocycles. The van der Waals surface area contributed by atoms with Gasteiger partial charge < -0.3 is 4.74 Å². The molecule has 30 heavy (non-hydrogen) atoms. The molecule has 2 aromatic carbocycles. The molecule has 0 aromatic heterocycles. The van der Waals surface area contributed by atoms with Gasteiger partial charge in [-0.3, -0.25) is 4.79 Å². The second kappa shape index (κ2) is 8.57. The first-order valence-electron chi connectivity index (χ1n) is 11.7. The lowest BCUT2D eigenvalue weighted by Gasteiger charge is -2.53. The van der Waals surface area contributed by atoms with E-state index in [1.165, 1.54) is 36.0 Å².